The summed E-state index contributed by atoms with van der Waals surface area (Å²) in [6, 6.07) is 15.2. The second-order valence-corrected chi connectivity index (χ2v) is 9.07. The summed E-state index contributed by atoms with van der Waals surface area (Å²) in [5.74, 6) is -0.0809. The van der Waals surface area contributed by atoms with Crippen molar-refractivity contribution in [2.24, 2.45) is 0 Å². The van der Waals surface area contributed by atoms with Gasteiger partial charge in [0.05, 0.1) is 6.54 Å². The number of amides is 1. The van der Waals surface area contributed by atoms with E-state index in [0.29, 0.717) is 26.2 Å². The fraction of sp³-hybridized carbons (Fsp3) is 0.318. The number of benzene rings is 2. The van der Waals surface area contributed by atoms with Crippen LogP contribution in [0.15, 0.2) is 53.9 Å². The smallest absolute Gasteiger partial charge is 0.238 e. The molecular weight excluding hydrogens is 386 g/mol. The number of piperazine rings is 1. The Bertz CT molecular complexity index is 959. The van der Waals surface area contributed by atoms with Crippen molar-refractivity contribution in [1.29, 1.82) is 0 Å². The molecule has 0 spiro atoms. The number of nitrogens with zero attached hydrogens (tertiary/aromatic N) is 2. The summed E-state index contributed by atoms with van der Waals surface area (Å²) in [5.41, 5.74) is 3.75. The fourth-order valence-corrected chi connectivity index (χ4v) is 4.52. The molecule has 0 unspecified atom stereocenters. The molecule has 1 aliphatic rings. The van der Waals surface area contributed by atoms with Crippen molar-refractivity contribution < 1.29 is 13.2 Å². The maximum atomic E-state index is 12.5. The van der Waals surface area contributed by atoms with Crippen LogP contribution in [0.4, 0.5) is 5.69 Å². The third-order valence-corrected chi connectivity index (χ3v) is 6.60. The molecule has 1 saturated heterocycles. The van der Waals surface area contributed by atoms with Gasteiger partial charge in [-0.3, -0.25) is 9.69 Å². The number of nitrogens with one attached hydrogen (secondary N) is 1. The van der Waals surface area contributed by atoms with E-state index >= 15 is 0 Å². The van der Waals surface area contributed by atoms with Crippen LogP contribution in [0.25, 0.3) is 6.08 Å². The second kappa shape index (κ2) is 9.35. The predicted molar refractivity (Wildman–Crippen MR) is 117 cm³/mol. The molecule has 29 heavy (non-hydrogen) atoms. The van der Waals surface area contributed by atoms with Crippen molar-refractivity contribution in [3.63, 3.8) is 0 Å². The van der Waals surface area contributed by atoms with Gasteiger partial charge in [-0.2, -0.15) is 4.31 Å². The van der Waals surface area contributed by atoms with Crippen LogP contribution in [-0.2, 0) is 14.8 Å². The fourth-order valence-electron chi connectivity index (χ4n) is 3.35. The van der Waals surface area contributed by atoms with Crippen molar-refractivity contribution in [3.05, 3.63) is 70.6 Å². The topological polar surface area (TPSA) is 69.7 Å². The quantitative estimate of drug-likeness (QED) is 0.791. The summed E-state index contributed by atoms with van der Waals surface area (Å²) < 4.78 is 26.6. The molecule has 0 aromatic heterocycles. The zero-order valence-electron chi connectivity index (χ0n) is 16.8. The van der Waals surface area contributed by atoms with Crippen molar-refractivity contribution in [2.75, 3.05) is 38.0 Å². The lowest BCUT2D eigenvalue weighted by Gasteiger charge is -2.32. The van der Waals surface area contributed by atoms with Crippen LogP contribution in [0.1, 0.15) is 16.7 Å². The molecule has 1 amide bonds. The monoisotopic (exact) mass is 413 g/mol. The standard InChI is InChI=1S/C22H27N3O3S/c1-18-7-6-8-19(2)22(18)23-21(26)17-24-12-14-25(15-13-24)29(27,28)16-11-20-9-4-3-5-10-20/h3-11,16H,12-15,17H2,1-2H3,(H,23,26)/b16-11+. The molecule has 1 aliphatic heterocycles. The number of anilines is 1. The van der Waals surface area contributed by atoms with E-state index in [1.807, 2.05) is 67.3 Å². The molecule has 0 atom stereocenters. The Kier molecular flexibility index (Phi) is 6.84. The van der Waals surface area contributed by atoms with Gasteiger partial charge in [-0.05, 0) is 36.6 Å². The van der Waals surface area contributed by atoms with Crippen molar-refractivity contribution in [1.82, 2.24) is 9.21 Å². The van der Waals surface area contributed by atoms with Gasteiger partial charge in [0.15, 0.2) is 0 Å². The lowest BCUT2D eigenvalue weighted by atomic mass is 10.1. The summed E-state index contributed by atoms with van der Waals surface area (Å²) in [4.78, 5) is 14.4. The van der Waals surface area contributed by atoms with E-state index in [4.69, 9.17) is 0 Å². The Morgan fingerprint density at radius 3 is 2.21 bits per heavy atom. The predicted octanol–water partition coefficient (Wildman–Crippen LogP) is 2.86. The van der Waals surface area contributed by atoms with Gasteiger partial charge in [-0.1, -0.05) is 48.5 Å². The van der Waals surface area contributed by atoms with E-state index in [-0.39, 0.29) is 12.5 Å². The van der Waals surface area contributed by atoms with E-state index in [1.54, 1.807) is 6.08 Å². The molecular formula is C22H27N3O3S. The van der Waals surface area contributed by atoms with Crippen LogP contribution in [0.2, 0.25) is 0 Å². The van der Waals surface area contributed by atoms with Gasteiger partial charge in [0.1, 0.15) is 0 Å². The number of para-hydroxylation sites is 1. The van der Waals surface area contributed by atoms with E-state index < -0.39 is 10.0 Å². The number of sulfonamides is 1. The first-order valence-corrected chi connectivity index (χ1v) is 11.2. The first-order chi connectivity index (χ1) is 13.8. The molecule has 6 nitrogen and oxygen atoms in total. The van der Waals surface area contributed by atoms with E-state index in [0.717, 1.165) is 22.4 Å². The zero-order chi connectivity index (χ0) is 20.9. The van der Waals surface area contributed by atoms with Gasteiger partial charge in [0.25, 0.3) is 0 Å². The molecule has 2 aromatic rings. The molecule has 1 fully saturated rings. The zero-order valence-corrected chi connectivity index (χ0v) is 17.7. The van der Waals surface area contributed by atoms with Gasteiger partial charge >= 0.3 is 0 Å². The molecule has 1 N–H and O–H groups in total. The number of carbonyl (C=O) groups is 1. The molecule has 0 radical (unpaired) electrons. The molecule has 154 valence electrons. The molecule has 7 heteroatoms. The molecule has 2 aromatic carbocycles. The lowest BCUT2D eigenvalue weighted by molar-refractivity contribution is -0.117. The summed E-state index contributed by atoms with van der Waals surface area (Å²) >= 11 is 0. The number of carbonyl (C=O) groups excluding carboxylic acids is 1. The van der Waals surface area contributed by atoms with Crippen LogP contribution in [0.3, 0.4) is 0 Å². The number of aryl methyl sites for hydroxylation is 2. The second-order valence-electron chi connectivity index (χ2n) is 7.25. The highest BCUT2D eigenvalue weighted by molar-refractivity contribution is 7.92. The van der Waals surface area contributed by atoms with Crippen LogP contribution in [-0.4, -0.2) is 56.3 Å². The third-order valence-electron chi connectivity index (χ3n) is 5.04. The Morgan fingerprint density at radius 2 is 1.59 bits per heavy atom. The minimum absolute atomic E-state index is 0.0809. The molecule has 0 bridgehead atoms. The lowest BCUT2D eigenvalue weighted by Crippen LogP contribution is -2.49. The Hall–Kier alpha value is -2.48. The van der Waals surface area contributed by atoms with Gasteiger partial charge < -0.3 is 5.32 Å². The number of rotatable bonds is 6. The molecule has 0 saturated carbocycles. The van der Waals surface area contributed by atoms with Gasteiger partial charge in [0, 0.05) is 37.3 Å². The van der Waals surface area contributed by atoms with Crippen LogP contribution in [0, 0.1) is 13.8 Å². The van der Waals surface area contributed by atoms with Gasteiger partial charge in [-0.15, -0.1) is 0 Å². The molecule has 1 heterocycles. The normalized spacial score (nSPS) is 16.2. The average Bonchev–Trinajstić information content (AvgIpc) is 2.71. The van der Waals surface area contributed by atoms with E-state index in [9.17, 15) is 13.2 Å². The third kappa shape index (κ3) is 5.76. The minimum Gasteiger partial charge on any atom is -0.324 e. The first-order valence-electron chi connectivity index (χ1n) is 9.67. The van der Waals surface area contributed by atoms with Crippen LogP contribution >= 0.6 is 0 Å². The largest absolute Gasteiger partial charge is 0.324 e. The Balaban J connectivity index is 1.52. The minimum atomic E-state index is -3.47. The summed E-state index contributed by atoms with van der Waals surface area (Å²) in [6.07, 6.45) is 1.61. The van der Waals surface area contributed by atoms with Gasteiger partial charge in [-0.25, -0.2) is 8.42 Å². The maximum absolute atomic E-state index is 12.5. The summed E-state index contributed by atoms with van der Waals surface area (Å²) in [5, 5.41) is 4.24. The van der Waals surface area contributed by atoms with Crippen molar-refractivity contribution >= 4 is 27.7 Å². The maximum Gasteiger partial charge on any atom is 0.238 e. The summed E-state index contributed by atoms with van der Waals surface area (Å²) in [7, 11) is -3.47. The number of hydrogen-bond acceptors (Lipinski definition) is 4. The first kappa shape index (κ1) is 21.2. The Morgan fingerprint density at radius 1 is 0.966 bits per heavy atom. The SMILES string of the molecule is Cc1cccc(C)c1NC(=O)CN1CCN(S(=O)(=O)/C=C/c2ccccc2)CC1. The highest BCUT2D eigenvalue weighted by Gasteiger charge is 2.26. The van der Waals surface area contributed by atoms with E-state index in [2.05, 4.69) is 5.32 Å². The van der Waals surface area contributed by atoms with Crippen LogP contribution < -0.4 is 5.32 Å². The van der Waals surface area contributed by atoms with E-state index in [1.165, 1.54) is 9.71 Å². The van der Waals surface area contributed by atoms with Crippen LogP contribution in [0.5, 0.6) is 0 Å². The van der Waals surface area contributed by atoms with Crippen molar-refractivity contribution in [3.8, 4) is 0 Å². The molecule has 3 rings (SSSR count). The highest BCUT2D eigenvalue weighted by atomic mass is 32.2. The number of hydrogen-bond donors (Lipinski definition) is 1. The van der Waals surface area contributed by atoms with Gasteiger partial charge in [0.2, 0.25) is 15.9 Å². The highest BCUT2D eigenvalue weighted by Crippen LogP contribution is 2.19. The molecule has 0 aliphatic carbocycles. The Labute approximate surface area is 172 Å². The van der Waals surface area contributed by atoms with Crippen molar-refractivity contribution in [2.45, 2.75) is 13.8 Å². The average molecular weight is 414 g/mol. The summed E-state index contributed by atoms with van der Waals surface area (Å²) in [6.45, 7) is 5.99.